The highest BCUT2D eigenvalue weighted by atomic mass is 35.5. The molecule has 3 rings (SSSR count). The van der Waals surface area contributed by atoms with Gasteiger partial charge in [-0.15, -0.1) is 0 Å². The van der Waals surface area contributed by atoms with Crippen molar-refractivity contribution in [3.05, 3.63) is 59.1 Å². The second kappa shape index (κ2) is 5.73. The lowest BCUT2D eigenvalue weighted by Crippen LogP contribution is -2.40. The number of ether oxygens (including phenoxy) is 2. The molecule has 4 heteroatoms. The molecule has 0 radical (unpaired) electrons. The summed E-state index contributed by atoms with van der Waals surface area (Å²) in [7, 11) is 1.90. The van der Waals surface area contributed by atoms with Crippen molar-refractivity contribution in [2.24, 2.45) is 0 Å². The zero-order valence-corrected chi connectivity index (χ0v) is 11.9. The molecule has 0 spiro atoms. The first kappa shape index (κ1) is 13.3. The summed E-state index contributed by atoms with van der Waals surface area (Å²) in [4.78, 5) is 0. The van der Waals surface area contributed by atoms with Gasteiger partial charge in [0.1, 0.15) is 6.61 Å². The Balaban J connectivity index is 1.87. The van der Waals surface area contributed by atoms with E-state index in [-0.39, 0.29) is 12.1 Å². The number of hydrogen-bond donors (Lipinski definition) is 1. The van der Waals surface area contributed by atoms with Gasteiger partial charge in [0.15, 0.2) is 17.6 Å². The number of nitrogens with one attached hydrogen (secondary N) is 1. The van der Waals surface area contributed by atoms with Gasteiger partial charge in [0, 0.05) is 5.02 Å². The van der Waals surface area contributed by atoms with E-state index in [2.05, 4.69) is 5.32 Å². The van der Waals surface area contributed by atoms with E-state index in [0.29, 0.717) is 6.61 Å². The quantitative estimate of drug-likeness (QED) is 0.939. The summed E-state index contributed by atoms with van der Waals surface area (Å²) in [6.45, 7) is 0.494. The number of hydrogen-bond acceptors (Lipinski definition) is 3. The Labute approximate surface area is 123 Å². The zero-order valence-electron chi connectivity index (χ0n) is 11.2. The lowest BCUT2D eigenvalue weighted by molar-refractivity contribution is 0.0638. The van der Waals surface area contributed by atoms with Crippen molar-refractivity contribution in [2.45, 2.75) is 12.1 Å². The number of halogens is 1. The predicted molar refractivity (Wildman–Crippen MR) is 79.6 cm³/mol. The summed E-state index contributed by atoms with van der Waals surface area (Å²) in [5.74, 6) is 1.56. The Morgan fingerprint density at radius 3 is 2.55 bits per heavy atom. The van der Waals surface area contributed by atoms with Crippen LogP contribution in [0, 0.1) is 0 Å². The molecule has 3 nitrogen and oxygen atoms in total. The van der Waals surface area contributed by atoms with Gasteiger partial charge in [-0.05, 0) is 30.8 Å². The molecule has 2 aromatic rings. The summed E-state index contributed by atoms with van der Waals surface area (Å²) in [5.41, 5.74) is 1.02. The molecule has 0 saturated heterocycles. The summed E-state index contributed by atoms with van der Waals surface area (Å²) >= 11 is 6.28. The van der Waals surface area contributed by atoms with Crippen molar-refractivity contribution in [1.82, 2.24) is 5.32 Å². The van der Waals surface area contributed by atoms with Gasteiger partial charge in [-0.2, -0.15) is 0 Å². The molecule has 1 aliphatic rings. The van der Waals surface area contributed by atoms with Gasteiger partial charge < -0.3 is 14.8 Å². The molecule has 1 heterocycles. The molecular weight excluding hydrogens is 274 g/mol. The van der Waals surface area contributed by atoms with E-state index in [4.69, 9.17) is 21.1 Å². The minimum atomic E-state index is -0.116. The summed E-state index contributed by atoms with van der Waals surface area (Å²) in [6.07, 6.45) is -0.116. The fraction of sp³-hybridized carbons (Fsp3) is 0.250. The van der Waals surface area contributed by atoms with Gasteiger partial charge in [-0.1, -0.05) is 41.9 Å². The van der Waals surface area contributed by atoms with Crippen LogP contribution in [-0.2, 0) is 0 Å². The van der Waals surface area contributed by atoms with Crippen molar-refractivity contribution in [1.29, 1.82) is 0 Å². The fourth-order valence-corrected chi connectivity index (χ4v) is 2.72. The van der Waals surface area contributed by atoms with Crippen LogP contribution in [0.2, 0.25) is 5.02 Å². The molecule has 1 N–H and O–H groups in total. The highest BCUT2D eigenvalue weighted by Gasteiger charge is 2.30. The molecule has 104 valence electrons. The molecule has 2 aromatic carbocycles. The molecule has 0 amide bonds. The SMILES string of the molecule is CNC(c1ccccc1Cl)C1COc2ccccc2O1. The summed E-state index contributed by atoms with van der Waals surface area (Å²) in [6, 6.07) is 15.5. The standard InChI is InChI=1S/C16H16ClNO2/c1-18-16(11-6-2-3-7-12(11)17)15-10-19-13-8-4-5-9-14(13)20-15/h2-9,15-16,18H,10H2,1H3. The lowest BCUT2D eigenvalue weighted by atomic mass is 10.0. The maximum atomic E-state index is 6.28. The van der Waals surface area contributed by atoms with Crippen LogP contribution in [0.4, 0.5) is 0 Å². The zero-order chi connectivity index (χ0) is 13.9. The van der Waals surface area contributed by atoms with E-state index in [9.17, 15) is 0 Å². The van der Waals surface area contributed by atoms with Gasteiger partial charge in [-0.25, -0.2) is 0 Å². The average molecular weight is 290 g/mol. The van der Waals surface area contributed by atoms with E-state index < -0.39 is 0 Å². The summed E-state index contributed by atoms with van der Waals surface area (Å²) < 4.78 is 11.8. The number of likely N-dealkylation sites (N-methyl/N-ethyl adjacent to an activating group) is 1. The highest BCUT2D eigenvalue weighted by Crippen LogP contribution is 2.35. The Morgan fingerprint density at radius 1 is 1.10 bits per heavy atom. The minimum Gasteiger partial charge on any atom is -0.486 e. The van der Waals surface area contributed by atoms with Crippen molar-refractivity contribution >= 4 is 11.6 Å². The Morgan fingerprint density at radius 2 is 1.80 bits per heavy atom. The van der Waals surface area contributed by atoms with E-state index in [1.807, 2.05) is 55.6 Å². The third-order valence-corrected chi connectivity index (χ3v) is 3.80. The van der Waals surface area contributed by atoms with Crippen LogP contribution in [0.25, 0.3) is 0 Å². The van der Waals surface area contributed by atoms with Crippen molar-refractivity contribution in [2.75, 3.05) is 13.7 Å². The highest BCUT2D eigenvalue weighted by molar-refractivity contribution is 6.31. The molecule has 0 fully saturated rings. The first-order chi connectivity index (χ1) is 9.79. The predicted octanol–water partition coefficient (Wildman–Crippen LogP) is 3.44. The number of fused-ring (bicyclic) bond motifs is 1. The van der Waals surface area contributed by atoms with Crippen LogP contribution in [0.1, 0.15) is 11.6 Å². The molecule has 0 aromatic heterocycles. The Kier molecular flexibility index (Phi) is 3.81. The molecule has 0 aliphatic carbocycles. The van der Waals surface area contributed by atoms with E-state index in [0.717, 1.165) is 22.1 Å². The van der Waals surface area contributed by atoms with Crippen LogP contribution in [-0.4, -0.2) is 19.8 Å². The van der Waals surface area contributed by atoms with Crippen LogP contribution in [0.15, 0.2) is 48.5 Å². The Hall–Kier alpha value is -1.71. The van der Waals surface area contributed by atoms with Crippen LogP contribution >= 0.6 is 11.6 Å². The average Bonchev–Trinajstić information content (AvgIpc) is 2.50. The largest absolute Gasteiger partial charge is 0.486 e. The second-order valence-corrected chi connectivity index (χ2v) is 5.11. The molecule has 2 atom stereocenters. The maximum absolute atomic E-state index is 6.28. The van der Waals surface area contributed by atoms with Gasteiger partial charge in [0.2, 0.25) is 0 Å². The molecule has 0 bridgehead atoms. The molecule has 1 aliphatic heterocycles. The van der Waals surface area contributed by atoms with Gasteiger partial charge in [0.25, 0.3) is 0 Å². The number of para-hydroxylation sites is 2. The third-order valence-electron chi connectivity index (χ3n) is 3.45. The van der Waals surface area contributed by atoms with Crippen LogP contribution in [0.5, 0.6) is 11.5 Å². The van der Waals surface area contributed by atoms with Crippen molar-refractivity contribution < 1.29 is 9.47 Å². The molecular formula is C16H16ClNO2. The van der Waals surface area contributed by atoms with E-state index in [1.54, 1.807) is 0 Å². The molecule has 2 unspecified atom stereocenters. The normalized spacial score (nSPS) is 18.6. The summed E-state index contributed by atoms with van der Waals surface area (Å²) in [5, 5.41) is 4.00. The van der Waals surface area contributed by atoms with E-state index >= 15 is 0 Å². The van der Waals surface area contributed by atoms with Crippen LogP contribution < -0.4 is 14.8 Å². The number of rotatable bonds is 3. The third kappa shape index (κ3) is 2.47. The van der Waals surface area contributed by atoms with E-state index in [1.165, 1.54) is 0 Å². The number of benzene rings is 2. The monoisotopic (exact) mass is 289 g/mol. The smallest absolute Gasteiger partial charge is 0.161 e. The van der Waals surface area contributed by atoms with Crippen molar-refractivity contribution in [3.8, 4) is 11.5 Å². The topological polar surface area (TPSA) is 30.5 Å². The van der Waals surface area contributed by atoms with Crippen molar-refractivity contribution in [3.63, 3.8) is 0 Å². The van der Waals surface area contributed by atoms with Crippen LogP contribution in [0.3, 0.4) is 0 Å². The molecule has 20 heavy (non-hydrogen) atoms. The maximum Gasteiger partial charge on any atom is 0.161 e. The second-order valence-electron chi connectivity index (χ2n) is 4.70. The van der Waals surface area contributed by atoms with Gasteiger partial charge >= 0.3 is 0 Å². The molecule has 0 saturated carbocycles. The fourth-order valence-electron chi connectivity index (χ4n) is 2.47. The van der Waals surface area contributed by atoms with Gasteiger partial charge in [-0.3, -0.25) is 0 Å². The van der Waals surface area contributed by atoms with Gasteiger partial charge in [0.05, 0.1) is 6.04 Å². The lowest BCUT2D eigenvalue weighted by Gasteiger charge is -2.32. The minimum absolute atomic E-state index is 0.0166. The first-order valence-electron chi connectivity index (χ1n) is 6.60. The first-order valence-corrected chi connectivity index (χ1v) is 6.97. The Bertz CT molecular complexity index is 603.